The summed E-state index contributed by atoms with van der Waals surface area (Å²) in [6.07, 6.45) is 4.46. The van der Waals surface area contributed by atoms with Crippen molar-refractivity contribution in [3.8, 4) is 0 Å². The normalized spacial score (nSPS) is 19.1. The molecular weight excluding hydrogens is 214 g/mol. The van der Waals surface area contributed by atoms with Crippen molar-refractivity contribution in [3.63, 3.8) is 0 Å². The van der Waals surface area contributed by atoms with Crippen molar-refractivity contribution >= 4 is 0 Å². The van der Waals surface area contributed by atoms with Gasteiger partial charge >= 0.3 is 0 Å². The van der Waals surface area contributed by atoms with Gasteiger partial charge in [0.15, 0.2) is 5.82 Å². The van der Waals surface area contributed by atoms with Crippen molar-refractivity contribution in [2.24, 2.45) is 5.92 Å². The fraction of sp³-hybridized carbons (Fsp3) is 0.692. The molecule has 17 heavy (non-hydrogen) atoms. The van der Waals surface area contributed by atoms with Gasteiger partial charge in [-0.1, -0.05) is 0 Å². The van der Waals surface area contributed by atoms with Gasteiger partial charge in [0.2, 0.25) is 0 Å². The molecule has 1 N–H and O–H groups in total. The first-order valence-corrected chi connectivity index (χ1v) is 6.20. The first-order chi connectivity index (χ1) is 8.17. The van der Waals surface area contributed by atoms with Crippen molar-refractivity contribution in [3.05, 3.63) is 23.3 Å². The van der Waals surface area contributed by atoms with Gasteiger partial charge in [-0.05, 0) is 39.7 Å². The molecule has 0 bridgehead atoms. The Kier molecular flexibility index (Phi) is 3.74. The highest BCUT2D eigenvalue weighted by Gasteiger charge is 2.34. The zero-order valence-electron chi connectivity index (χ0n) is 11.0. The summed E-state index contributed by atoms with van der Waals surface area (Å²) in [5.74, 6) is 1.45. The van der Waals surface area contributed by atoms with E-state index in [1.807, 2.05) is 20.2 Å². The topological polar surface area (TPSA) is 47.0 Å². The van der Waals surface area contributed by atoms with Crippen LogP contribution in [0.25, 0.3) is 0 Å². The van der Waals surface area contributed by atoms with Crippen molar-refractivity contribution in [1.29, 1.82) is 0 Å². The molecule has 2 rings (SSSR count). The van der Waals surface area contributed by atoms with Crippen LogP contribution in [-0.4, -0.2) is 24.1 Å². The molecule has 0 amide bonds. The van der Waals surface area contributed by atoms with E-state index in [1.165, 1.54) is 12.8 Å². The third-order valence-electron chi connectivity index (χ3n) is 3.49. The molecule has 1 fully saturated rings. The van der Waals surface area contributed by atoms with Gasteiger partial charge in [-0.25, -0.2) is 9.97 Å². The van der Waals surface area contributed by atoms with Crippen LogP contribution in [0.15, 0.2) is 6.20 Å². The van der Waals surface area contributed by atoms with Gasteiger partial charge in [-0.2, -0.15) is 0 Å². The first kappa shape index (κ1) is 12.5. The lowest BCUT2D eigenvalue weighted by Crippen LogP contribution is -2.17. The van der Waals surface area contributed by atoms with Crippen LogP contribution in [-0.2, 0) is 4.74 Å². The average Bonchev–Trinajstić information content (AvgIpc) is 3.14. The third kappa shape index (κ3) is 2.64. The number of methoxy groups -OCH3 is 1. The van der Waals surface area contributed by atoms with Crippen LogP contribution >= 0.6 is 0 Å². The molecule has 0 radical (unpaired) electrons. The van der Waals surface area contributed by atoms with E-state index in [0.717, 1.165) is 17.1 Å². The summed E-state index contributed by atoms with van der Waals surface area (Å²) < 4.78 is 5.50. The summed E-state index contributed by atoms with van der Waals surface area (Å²) in [5.41, 5.74) is 2.20. The summed E-state index contributed by atoms with van der Waals surface area (Å²) in [6, 6.07) is 0.283. The molecular formula is C13H21N3O. The molecule has 0 aliphatic heterocycles. The maximum absolute atomic E-state index is 5.50. The molecule has 1 saturated carbocycles. The van der Waals surface area contributed by atoms with Crippen LogP contribution in [0.5, 0.6) is 0 Å². The Hall–Kier alpha value is -1.00. The van der Waals surface area contributed by atoms with E-state index in [1.54, 1.807) is 7.11 Å². The van der Waals surface area contributed by atoms with Gasteiger partial charge in [0.05, 0.1) is 0 Å². The summed E-state index contributed by atoms with van der Waals surface area (Å²) >= 11 is 0. The molecule has 2 unspecified atom stereocenters. The van der Waals surface area contributed by atoms with Crippen molar-refractivity contribution in [2.45, 2.75) is 38.8 Å². The fourth-order valence-corrected chi connectivity index (χ4v) is 2.12. The van der Waals surface area contributed by atoms with Gasteiger partial charge < -0.3 is 10.1 Å². The smallest absolute Gasteiger partial charge is 0.157 e. The van der Waals surface area contributed by atoms with E-state index in [2.05, 4.69) is 22.2 Å². The molecule has 0 aromatic carbocycles. The van der Waals surface area contributed by atoms with Gasteiger partial charge in [0.1, 0.15) is 6.10 Å². The average molecular weight is 235 g/mol. The molecule has 4 nitrogen and oxygen atoms in total. The number of ether oxygens (including phenoxy) is 1. The Morgan fingerprint density at radius 3 is 2.65 bits per heavy atom. The number of hydrogen-bond acceptors (Lipinski definition) is 4. The standard InChI is InChI=1S/C13H21N3O/c1-8(14-3)11-7-15-13(16-9(11)2)12(17-4)10-5-6-10/h7-8,10,12,14H,5-6H2,1-4H3. The van der Waals surface area contributed by atoms with E-state index in [0.29, 0.717) is 5.92 Å². The summed E-state index contributed by atoms with van der Waals surface area (Å²) in [5, 5.41) is 3.21. The summed E-state index contributed by atoms with van der Waals surface area (Å²) in [4.78, 5) is 9.06. The summed E-state index contributed by atoms with van der Waals surface area (Å²) in [7, 11) is 3.69. The minimum Gasteiger partial charge on any atom is -0.373 e. The number of aromatic nitrogens is 2. The van der Waals surface area contributed by atoms with Crippen molar-refractivity contribution in [1.82, 2.24) is 15.3 Å². The lowest BCUT2D eigenvalue weighted by molar-refractivity contribution is 0.0770. The molecule has 1 aromatic heterocycles. The van der Waals surface area contributed by atoms with Crippen LogP contribution in [0.4, 0.5) is 0 Å². The quantitative estimate of drug-likeness (QED) is 0.849. The number of nitrogens with one attached hydrogen (secondary N) is 1. The Morgan fingerprint density at radius 2 is 2.18 bits per heavy atom. The minimum atomic E-state index is 0.0765. The highest BCUT2D eigenvalue weighted by atomic mass is 16.5. The minimum absolute atomic E-state index is 0.0765. The van der Waals surface area contributed by atoms with E-state index in [4.69, 9.17) is 4.74 Å². The van der Waals surface area contributed by atoms with Gasteiger partial charge in [0.25, 0.3) is 0 Å². The lowest BCUT2D eigenvalue weighted by atomic mass is 10.1. The van der Waals surface area contributed by atoms with E-state index in [9.17, 15) is 0 Å². The van der Waals surface area contributed by atoms with Crippen molar-refractivity contribution < 1.29 is 4.74 Å². The zero-order chi connectivity index (χ0) is 12.4. The molecule has 1 heterocycles. The molecule has 2 atom stereocenters. The molecule has 4 heteroatoms. The van der Waals surface area contributed by atoms with Gasteiger partial charge in [0, 0.05) is 30.6 Å². The monoisotopic (exact) mass is 235 g/mol. The van der Waals surface area contributed by atoms with E-state index >= 15 is 0 Å². The maximum Gasteiger partial charge on any atom is 0.157 e. The first-order valence-electron chi connectivity index (χ1n) is 6.20. The SMILES string of the molecule is CNC(C)c1cnc(C(OC)C2CC2)nc1C. The number of aryl methyl sites for hydroxylation is 1. The van der Waals surface area contributed by atoms with Crippen LogP contribution in [0.2, 0.25) is 0 Å². The van der Waals surface area contributed by atoms with Crippen molar-refractivity contribution in [2.75, 3.05) is 14.2 Å². The van der Waals surface area contributed by atoms with E-state index in [-0.39, 0.29) is 12.1 Å². The molecule has 0 saturated heterocycles. The van der Waals surface area contributed by atoms with Gasteiger partial charge in [-0.15, -0.1) is 0 Å². The van der Waals surface area contributed by atoms with Gasteiger partial charge in [-0.3, -0.25) is 0 Å². The predicted molar refractivity (Wildman–Crippen MR) is 66.7 cm³/mol. The lowest BCUT2D eigenvalue weighted by Gasteiger charge is -2.17. The summed E-state index contributed by atoms with van der Waals surface area (Å²) in [6.45, 7) is 4.15. The fourth-order valence-electron chi connectivity index (χ4n) is 2.12. The second-order valence-electron chi connectivity index (χ2n) is 4.77. The molecule has 1 aliphatic rings. The predicted octanol–water partition coefficient (Wildman–Crippen LogP) is 2.16. The van der Waals surface area contributed by atoms with Crippen LogP contribution in [0.1, 0.15) is 49.0 Å². The Labute approximate surface area is 103 Å². The Morgan fingerprint density at radius 1 is 1.47 bits per heavy atom. The highest BCUT2D eigenvalue weighted by Crippen LogP contribution is 2.41. The number of nitrogens with zero attached hydrogens (tertiary/aromatic N) is 2. The van der Waals surface area contributed by atoms with Crippen LogP contribution < -0.4 is 5.32 Å². The van der Waals surface area contributed by atoms with Crippen LogP contribution in [0, 0.1) is 12.8 Å². The van der Waals surface area contributed by atoms with Crippen LogP contribution in [0.3, 0.4) is 0 Å². The molecule has 1 aromatic rings. The molecule has 0 spiro atoms. The maximum atomic E-state index is 5.50. The Balaban J connectivity index is 2.23. The number of rotatable bonds is 5. The zero-order valence-corrected chi connectivity index (χ0v) is 11.0. The largest absolute Gasteiger partial charge is 0.373 e. The van der Waals surface area contributed by atoms with E-state index < -0.39 is 0 Å². The number of hydrogen-bond donors (Lipinski definition) is 1. The second-order valence-corrected chi connectivity index (χ2v) is 4.77. The Bertz CT molecular complexity index is 390. The highest BCUT2D eigenvalue weighted by molar-refractivity contribution is 5.20. The third-order valence-corrected chi connectivity index (χ3v) is 3.49. The molecule has 94 valence electrons. The molecule has 1 aliphatic carbocycles. The second kappa shape index (κ2) is 5.10.